The summed E-state index contributed by atoms with van der Waals surface area (Å²) in [5.41, 5.74) is -0.0411. The van der Waals surface area contributed by atoms with Gasteiger partial charge in [-0.3, -0.25) is 4.79 Å². The van der Waals surface area contributed by atoms with Gasteiger partial charge in [-0.2, -0.15) is 0 Å². The van der Waals surface area contributed by atoms with Gasteiger partial charge in [-0.05, 0) is 63.5 Å². The highest BCUT2D eigenvalue weighted by Crippen LogP contribution is 2.21. The summed E-state index contributed by atoms with van der Waals surface area (Å²) in [6.45, 7) is 14.7. The van der Waals surface area contributed by atoms with Crippen LogP contribution in [0.1, 0.15) is 53.9 Å². The molecule has 0 spiro atoms. The molecule has 0 heterocycles. The molecule has 0 fully saturated rings. The first-order valence-corrected chi connectivity index (χ1v) is 9.89. The Morgan fingerprint density at radius 3 is 2.27 bits per heavy atom. The fourth-order valence-corrected chi connectivity index (χ4v) is 2.57. The van der Waals surface area contributed by atoms with Crippen molar-refractivity contribution >= 4 is 11.6 Å². The summed E-state index contributed by atoms with van der Waals surface area (Å²) in [6, 6.07) is 7.52. The number of benzene rings is 1. The van der Waals surface area contributed by atoms with Gasteiger partial charge in [0.2, 0.25) is 0 Å². The van der Waals surface area contributed by atoms with Crippen LogP contribution in [0.15, 0.2) is 24.3 Å². The molecule has 5 heteroatoms. The minimum Gasteiger partial charge on any atom is -0.494 e. The molecule has 1 N–H and O–H groups in total. The minimum atomic E-state index is -0.796. The van der Waals surface area contributed by atoms with E-state index in [1.54, 1.807) is 0 Å². The number of hydrogen-bond acceptors (Lipinski definition) is 4. The highest BCUT2D eigenvalue weighted by atomic mass is 16.5. The molecule has 1 atom stereocenters. The Balaban J connectivity index is 2.47. The third kappa shape index (κ3) is 7.34. The van der Waals surface area contributed by atoms with E-state index in [1.165, 1.54) is 0 Å². The maximum absolute atomic E-state index is 12.5. The van der Waals surface area contributed by atoms with Gasteiger partial charge in [-0.25, -0.2) is 0 Å². The Morgan fingerprint density at radius 2 is 1.73 bits per heavy atom. The van der Waals surface area contributed by atoms with Crippen molar-refractivity contribution in [3.8, 4) is 5.75 Å². The Kier molecular flexibility index (Phi) is 10.3. The molecule has 0 unspecified atom stereocenters. The normalized spacial score (nSPS) is 13.5. The maximum atomic E-state index is 12.5. The summed E-state index contributed by atoms with van der Waals surface area (Å²) in [7, 11) is 0. The van der Waals surface area contributed by atoms with Crippen LogP contribution in [0.4, 0.5) is 5.69 Å². The van der Waals surface area contributed by atoms with Crippen LogP contribution in [0.3, 0.4) is 0 Å². The first kappa shape index (κ1) is 22.5. The number of nitrogens with one attached hydrogen (secondary N) is 1. The molecule has 0 saturated heterocycles. The van der Waals surface area contributed by atoms with E-state index < -0.39 is 5.60 Å². The molecule has 1 aromatic carbocycles. The number of rotatable bonds is 13. The molecule has 0 aliphatic heterocycles. The van der Waals surface area contributed by atoms with Crippen molar-refractivity contribution in [2.45, 2.75) is 59.5 Å². The lowest BCUT2D eigenvalue weighted by molar-refractivity contribution is -0.139. The topological polar surface area (TPSA) is 50.8 Å². The molecule has 148 valence electrons. The van der Waals surface area contributed by atoms with E-state index in [0.29, 0.717) is 19.6 Å². The van der Waals surface area contributed by atoms with Gasteiger partial charge in [0, 0.05) is 18.8 Å². The van der Waals surface area contributed by atoms with Gasteiger partial charge < -0.3 is 19.7 Å². The van der Waals surface area contributed by atoms with Gasteiger partial charge in [0.25, 0.3) is 5.91 Å². The largest absolute Gasteiger partial charge is 0.494 e. The summed E-state index contributed by atoms with van der Waals surface area (Å²) >= 11 is 0. The highest BCUT2D eigenvalue weighted by Gasteiger charge is 2.32. The first-order valence-electron chi connectivity index (χ1n) is 9.89. The molecule has 5 nitrogen and oxygen atoms in total. The van der Waals surface area contributed by atoms with Crippen molar-refractivity contribution < 1.29 is 14.3 Å². The summed E-state index contributed by atoms with van der Waals surface area (Å²) in [6.07, 6.45) is 2.53. The molecule has 1 amide bonds. The monoisotopic (exact) mass is 364 g/mol. The lowest BCUT2D eigenvalue weighted by Crippen LogP contribution is -2.42. The zero-order chi connectivity index (χ0) is 19.4. The molecular formula is C21H36N2O3. The Bertz CT molecular complexity index is 514. The molecule has 0 aliphatic carbocycles. The summed E-state index contributed by atoms with van der Waals surface area (Å²) in [5, 5.41) is 2.94. The van der Waals surface area contributed by atoms with Crippen molar-refractivity contribution in [3.05, 3.63) is 24.3 Å². The second-order valence-electron chi connectivity index (χ2n) is 6.64. The van der Waals surface area contributed by atoms with Crippen LogP contribution >= 0.6 is 0 Å². The number of hydrogen-bond donors (Lipinski definition) is 1. The van der Waals surface area contributed by atoms with E-state index in [1.807, 2.05) is 45.0 Å². The minimum absolute atomic E-state index is 0.110. The van der Waals surface area contributed by atoms with Crippen LogP contribution in [0, 0.1) is 0 Å². The SMILES string of the molecule is CCCO[C@@](C)(CC)C(=O)Nc1ccc(OCCCN(CC)CC)cc1. The van der Waals surface area contributed by atoms with Crippen LogP contribution in [-0.4, -0.2) is 49.3 Å². The van der Waals surface area contributed by atoms with E-state index in [0.717, 1.165) is 43.9 Å². The molecule has 0 saturated carbocycles. The van der Waals surface area contributed by atoms with E-state index in [9.17, 15) is 4.79 Å². The molecule has 1 rings (SSSR count). The predicted octanol–water partition coefficient (Wildman–Crippen LogP) is 4.33. The summed E-state index contributed by atoms with van der Waals surface area (Å²) in [5.74, 6) is 0.712. The molecular weight excluding hydrogens is 328 g/mol. The smallest absolute Gasteiger partial charge is 0.256 e. The van der Waals surface area contributed by atoms with E-state index in [-0.39, 0.29) is 5.91 Å². The number of amides is 1. The van der Waals surface area contributed by atoms with Crippen molar-refractivity contribution in [3.63, 3.8) is 0 Å². The number of anilines is 1. The molecule has 0 aliphatic rings. The van der Waals surface area contributed by atoms with Gasteiger partial charge in [-0.15, -0.1) is 0 Å². The second kappa shape index (κ2) is 11.9. The molecule has 26 heavy (non-hydrogen) atoms. The molecule has 0 radical (unpaired) electrons. The van der Waals surface area contributed by atoms with Crippen molar-refractivity contribution in [2.24, 2.45) is 0 Å². The van der Waals surface area contributed by atoms with Crippen LogP contribution in [0.2, 0.25) is 0 Å². The van der Waals surface area contributed by atoms with Crippen LogP contribution in [0.25, 0.3) is 0 Å². The molecule has 0 bridgehead atoms. The van der Waals surface area contributed by atoms with Crippen molar-refractivity contribution in [2.75, 3.05) is 38.2 Å². The zero-order valence-electron chi connectivity index (χ0n) is 17.1. The number of ether oxygens (including phenoxy) is 2. The van der Waals surface area contributed by atoms with E-state index >= 15 is 0 Å². The van der Waals surface area contributed by atoms with Crippen molar-refractivity contribution in [1.29, 1.82) is 0 Å². The Labute approximate surface area is 159 Å². The third-order valence-corrected chi connectivity index (χ3v) is 4.67. The predicted molar refractivity (Wildman–Crippen MR) is 108 cm³/mol. The number of carbonyl (C=O) groups is 1. The Morgan fingerprint density at radius 1 is 1.08 bits per heavy atom. The standard InChI is InChI=1S/C21H36N2O3/c1-6-16-26-21(5,7-2)20(24)22-18-11-13-19(14-12-18)25-17-10-15-23(8-3)9-4/h11-14H,6-10,15-17H2,1-5H3,(H,22,24)/t21-/m0/s1. The first-order chi connectivity index (χ1) is 12.5. The maximum Gasteiger partial charge on any atom is 0.256 e. The van der Waals surface area contributed by atoms with E-state index in [4.69, 9.17) is 9.47 Å². The summed E-state index contributed by atoms with van der Waals surface area (Å²) in [4.78, 5) is 14.9. The Hall–Kier alpha value is -1.59. The average Bonchev–Trinajstić information content (AvgIpc) is 2.67. The third-order valence-electron chi connectivity index (χ3n) is 4.67. The number of carbonyl (C=O) groups excluding carboxylic acids is 1. The second-order valence-corrected chi connectivity index (χ2v) is 6.64. The fraction of sp³-hybridized carbons (Fsp3) is 0.667. The van der Waals surface area contributed by atoms with Gasteiger partial charge in [0.15, 0.2) is 0 Å². The quantitative estimate of drug-likeness (QED) is 0.529. The number of nitrogens with zero attached hydrogens (tertiary/aromatic N) is 1. The van der Waals surface area contributed by atoms with Gasteiger partial charge in [-0.1, -0.05) is 27.7 Å². The van der Waals surface area contributed by atoms with Gasteiger partial charge in [0.1, 0.15) is 11.4 Å². The average molecular weight is 365 g/mol. The van der Waals surface area contributed by atoms with E-state index in [2.05, 4.69) is 24.1 Å². The zero-order valence-corrected chi connectivity index (χ0v) is 17.1. The van der Waals surface area contributed by atoms with Crippen LogP contribution < -0.4 is 10.1 Å². The lowest BCUT2D eigenvalue weighted by Gasteiger charge is -2.27. The van der Waals surface area contributed by atoms with Crippen LogP contribution in [0.5, 0.6) is 5.75 Å². The molecule has 1 aromatic rings. The van der Waals surface area contributed by atoms with Crippen LogP contribution in [-0.2, 0) is 9.53 Å². The summed E-state index contributed by atoms with van der Waals surface area (Å²) < 4.78 is 11.5. The lowest BCUT2D eigenvalue weighted by atomic mass is 10.0. The van der Waals surface area contributed by atoms with Gasteiger partial charge in [0.05, 0.1) is 6.61 Å². The van der Waals surface area contributed by atoms with Crippen molar-refractivity contribution in [1.82, 2.24) is 4.90 Å². The highest BCUT2D eigenvalue weighted by molar-refractivity contribution is 5.97. The fourth-order valence-electron chi connectivity index (χ4n) is 2.57. The molecule has 0 aromatic heterocycles. The van der Waals surface area contributed by atoms with Gasteiger partial charge >= 0.3 is 0 Å².